The van der Waals surface area contributed by atoms with E-state index in [0.717, 1.165) is 39.1 Å². The Morgan fingerprint density at radius 3 is 1.66 bits per heavy atom. The highest BCUT2D eigenvalue weighted by Crippen LogP contribution is 2.37. The lowest BCUT2D eigenvalue weighted by molar-refractivity contribution is 1.23. The lowest BCUT2D eigenvalue weighted by Gasteiger charge is -2.12. The SMILES string of the molecule is c1ccc(-c2nc(-c3ccccc3)c3cc(-c4ccc(-c5ccc6sc7ccccc7c6c5)cc4)ccc3n2)cc1. The van der Waals surface area contributed by atoms with Crippen molar-refractivity contribution in [2.75, 3.05) is 0 Å². The van der Waals surface area contributed by atoms with E-state index in [2.05, 4.69) is 121 Å². The number of thiophene rings is 1. The smallest absolute Gasteiger partial charge is 0.160 e. The first-order chi connectivity index (χ1) is 20.3. The highest BCUT2D eigenvalue weighted by atomic mass is 32.1. The molecule has 2 nitrogen and oxygen atoms in total. The zero-order valence-corrected chi connectivity index (χ0v) is 23.0. The van der Waals surface area contributed by atoms with Gasteiger partial charge in [-0.2, -0.15) is 0 Å². The van der Waals surface area contributed by atoms with Crippen LogP contribution in [-0.2, 0) is 0 Å². The molecule has 0 unspecified atom stereocenters. The molecule has 0 saturated heterocycles. The van der Waals surface area contributed by atoms with Gasteiger partial charge in [0.1, 0.15) is 0 Å². The van der Waals surface area contributed by atoms with E-state index in [1.807, 2.05) is 35.6 Å². The lowest BCUT2D eigenvalue weighted by atomic mass is 9.97. The summed E-state index contributed by atoms with van der Waals surface area (Å²) in [5.41, 5.74) is 8.76. The molecule has 0 aliphatic carbocycles. The first-order valence-electron chi connectivity index (χ1n) is 13.7. The van der Waals surface area contributed by atoms with Crippen LogP contribution in [0.4, 0.5) is 0 Å². The number of rotatable bonds is 4. The van der Waals surface area contributed by atoms with Gasteiger partial charge in [0.25, 0.3) is 0 Å². The molecule has 0 aliphatic heterocycles. The van der Waals surface area contributed by atoms with E-state index >= 15 is 0 Å². The molecule has 41 heavy (non-hydrogen) atoms. The van der Waals surface area contributed by atoms with Gasteiger partial charge in [-0.25, -0.2) is 9.97 Å². The summed E-state index contributed by atoms with van der Waals surface area (Å²) in [6.07, 6.45) is 0. The summed E-state index contributed by atoms with van der Waals surface area (Å²) in [5.74, 6) is 0.740. The third-order valence-corrected chi connectivity index (χ3v) is 8.86. The quantitative estimate of drug-likeness (QED) is 0.222. The van der Waals surface area contributed by atoms with Crippen molar-refractivity contribution in [2.45, 2.75) is 0 Å². The van der Waals surface area contributed by atoms with Crippen LogP contribution in [0.3, 0.4) is 0 Å². The Balaban J connectivity index is 1.20. The second kappa shape index (κ2) is 9.81. The monoisotopic (exact) mass is 540 g/mol. The first kappa shape index (κ1) is 23.7. The van der Waals surface area contributed by atoms with Crippen molar-refractivity contribution in [1.29, 1.82) is 0 Å². The number of aromatic nitrogens is 2. The minimum atomic E-state index is 0.740. The molecule has 8 rings (SSSR count). The molecule has 3 heteroatoms. The highest BCUT2D eigenvalue weighted by Gasteiger charge is 2.13. The van der Waals surface area contributed by atoms with Gasteiger partial charge in [-0.1, -0.05) is 115 Å². The minimum absolute atomic E-state index is 0.740. The third-order valence-electron chi connectivity index (χ3n) is 7.70. The number of fused-ring (bicyclic) bond motifs is 4. The van der Waals surface area contributed by atoms with Crippen molar-refractivity contribution in [1.82, 2.24) is 9.97 Å². The van der Waals surface area contributed by atoms with Crippen LogP contribution in [0.25, 0.3) is 76.0 Å². The second-order valence-corrected chi connectivity index (χ2v) is 11.3. The minimum Gasteiger partial charge on any atom is -0.228 e. The van der Waals surface area contributed by atoms with Crippen molar-refractivity contribution < 1.29 is 0 Å². The molecule has 0 spiro atoms. The summed E-state index contributed by atoms with van der Waals surface area (Å²) >= 11 is 1.85. The summed E-state index contributed by atoms with van der Waals surface area (Å²) in [5, 5.41) is 3.70. The highest BCUT2D eigenvalue weighted by molar-refractivity contribution is 7.25. The van der Waals surface area contributed by atoms with Crippen LogP contribution in [0.1, 0.15) is 0 Å². The average molecular weight is 541 g/mol. The number of hydrogen-bond acceptors (Lipinski definition) is 3. The summed E-state index contributed by atoms with van der Waals surface area (Å²) in [4.78, 5) is 10.0. The van der Waals surface area contributed by atoms with Crippen molar-refractivity contribution in [3.05, 3.63) is 146 Å². The predicted octanol–water partition coefficient (Wildman–Crippen LogP) is 10.7. The third kappa shape index (κ3) is 4.28. The predicted molar refractivity (Wildman–Crippen MR) is 174 cm³/mol. The van der Waals surface area contributed by atoms with E-state index in [0.29, 0.717) is 0 Å². The van der Waals surface area contributed by atoms with Crippen LogP contribution in [0.15, 0.2) is 146 Å². The fourth-order valence-electron chi connectivity index (χ4n) is 5.60. The molecule has 0 fully saturated rings. The Hall–Kier alpha value is -5.12. The Bertz CT molecular complexity index is 2180. The molecule has 0 N–H and O–H groups in total. The second-order valence-electron chi connectivity index (χ2n) is 10.2. The summed E-state index contributed by atoms with van der Waals surface area (Å²) < 4.78 is 2.66. The topological polar surface area (TPSA) is 25.8 Å². The maximum Gasteiger partial charge on any atom is 0.160 e. The van der Waals surface area contributed by atoms with E-state index in [9.17, 15) is 0 Å². The molecule has 2 aromatic heterocycles. The summed E-state index contributed by atoms with van der Waals surface area (Å²) in [6.45, 7) is 0. The molecular formula is C38H24N2S. The van der Waals surface area contributed by atoms with Crippen LogP contribution in [-0.4, -0.2) is 9.97 Å². The van der Waals surface area contributed by atoms with Gasteiger partial charge in [0, 0.05) is 36.7 Å². The van der Waals surface area contributed by atoms with Crippen molar-refractivity contribution in [2.24, 2.45) is 0 Å². The average Bonchev–Trinajstić information content (AvgIpc) is 3.43. The molecule has 0 saturated carbocycles. The molecule has 0 bridgehead atoms. The van der Waals surface area contributed by atoms with Crippen molar-refractivity contribution >= 4 is 42.4 Å². The molecule has 0 aliphatic rings. The fraction of sp³-hybridized carbons (Fsp3) is 0. The van der Waals surface area contributed by atoms with Gasteiger partial charge in [-0.3, -0.25) is 0 Å². The molecule has 0 amide bonds. The molecule has 0 radical (unpaired) electrons. The fourth-order valence-corrected chi connectivity index (χ4v) is 6.69. The Morgan fingerprint density at radius 1 is 0.366 bits per heavy atom. The van der Waals surface area contributed by atoms with E-state index < -0.39 is 0 Å². The van der Waals surface area contributed by atoms with Gasteiger partial charge in [0.2, 0.25) is 0 Å². The van der Waals surface area contributed by atoms with Gasteiger partial charge in [0.15, 0.2) is 5.82 Å². The van der Waals surface area contributed by atoms with Crippen molar-refractivity contribution in [3.8, 4) is 44.9 Å². The molecule has 192 valence electrons. The molecule has 0 atom stereocenters. The molecule has 8 aromatic rings. The maximum atomic E-state index is 5.06. The van der Waals surface area contributed by atoms with Gasteiger partial charge in [0.05, 0.1) is 11.2 Å². The van der Waals surface area contributed by atoms with Gasteiger partial charge < -0.3 is 0 Å². The van der Waals surface area contributed by atoms with Gasteiger partial charge in [-0.05, 0) is 52.6 Å². The van der Waals surface area contributed by atoms with E-state index in [-0.39, 0.29) is 0 Å². The van der Waals surface area contributed by atoms with E-state index in [1.54, 1.807) is 0 Å². The number of benzene rings is 6. The number of hydrogen-bond donors (Lipinski definition) is 0. The van der Waals surface area contributed by atoms with Gasteiger partial charge >= 0.3 is 0 Å². The van der Waals surface area contributed by atoms with Crippen LogP contribution in [0.2, 0.25) is 0 Å². The van der Waals surface area contributed by atoms with E-state index in [4.69, 9.17) is 9.97 Å². The van der Waals surface area contributed by atoms with Crippen LogP contribution >= 0.6 is 11.3 Å². The largest absolute Gasteiger partial charge is 0.228 e. The lowest BCUT2D eigenvalue weighted by Crippen LogP contribution is -1.95. The zero-order valence-electron chi connectivity index (χ0n) is 22.2. The Labute approximate surface area is 242 Å². The van der Waals surface area contributed by atoms with Crippen LogP contribution < -0.4 is 0 Å². The molecular weight excluding hydrogens is 516 g/mol. The first-order valence-corrected chi connectivity index (χ1v) is 14.6. The summed E-state index contributed by atoms with van der Waals surface area (Å²) in [6, 6.07) is 51.4. The molecule has 6 aromatic carbocycles. The number of nitrogens with zero attached hydrogens (tertiary/aromatic N) is 2. The van der Waals surface area contributed by atoms with Crippen LogP contribution in [0, 0.1) is 0 Å². The normalized spacial score (nSPS) is 11.4. The van der Waals surface area contributed by atoms with E-state index in [1.165, 1.54) is 36.9 Å². The standard InChI is InChI=1S/C38H24N2S/c1-3-9-27(10-4-1)37-33-24-29(19-21-34(33)39-38(40-37)28-11-5-2-6-12-28)25-15-17-26(18-16-25)30-20-22-36-32(23-30)31-13-7-8-14-35(31)41-36/h1-24H. The Morgan fingerprint density at radius 2 is 0.927 bits per heavy atom. The Kier molecular flexibility index (Phi) is 5.68. The zero-order chi connectivity index (χ0) is 27.2. The van der Waals surface area contributed by atoms with Gasteiger partial charge in [-0.15, -0.1) is 11.3 Å². The summed E-state index contributed by atoms with van der Waals surface area (Å²) in [7, 11) is 0. The van der Waals surface area contributed by atoms with Crippen molar-refractivity contribution in [3.63, 3.8) is 0 Å². The molecule has 2 heterocycles. The maximum absolute atomic E-state index is 5.06. The van der Waals surface area contributed by atoms with Crippen LogP contribution in [0.5, 0.6) is 0 Å².